The van der Waals surface area contributed by atoms with Gasteiger partial charge in [-0.15, -0.1) is 0 Å². The second-order valence-corrected chi connectivity index (χ2v) is 8.07. The third-order valence-electron chi connectivity index (χ3n) is 5.28. The van der Waals surface area contributed by atoms with E-state index in [9.17, 15) is 53.5 Å². The van der Waals surface area contributed by atoms with Crippen LogP contribution in [0.4, 0.5) is 43.9 Å². The van der Waals surface area contributed by atoms with Gasteiger partial charge < -0.3 is 9.47 Å². The molecule has 0 atom stereocenters. The second-order valence-electron chi connectivity index (χ2n) is 8.07. The Labute approximate surface area is 209 Å². The molecule has 0 aliphatic carbocycles. The number of ether oxygens (including phenoxy) is 2. The zero-order chi connectivity index (χ0) is 28.6. The van der Waals surface area contributed by atoms with Gasteiger partial charge >= 0.3 is 11.9 Å². The van der Waals surface area contributed by atoms with Gasteiger partial charge in [0, 0.05) is 12.8 Å². The predicted molar refractivity (Wildman–Crippen MR) is 110 cm³/mol. The van der Waals surface area contributed by atoms with Crippen LogP contribution >= 0.6 is 0 Å². The van der Waals surface area contributed by atoms with Crippen molar-refractivity contribution < 1.29 is 63.0 Å². The lowest BCUT2D eigenvalue weighted by molar-refractivity contribution is -0.135. The number of unbranched alkanes of at least 4 members (excludes halogenated alkanes) is 7. The molecule has 0 radical (unpaired) electrons. The summed E-state index contributed by atoms with van der Waals surface area (Å²) in [5.74, 6) is -28.3. The lowest BCUT2D eigenvalue weighted by Gasteiger charge is -2.09. The van der Waals surface area contributed by atoms with E-state index in [0.29, 0.717) is 38.5 Å². The first-order valence-corrected chi connectivity index (χ1v) is 11.3. The zero-order valence-electron chi connectivity index (χ0n) is 19.5. The van der Waals surface area contributed by atoms with Crippen molar-refractivity contribution in [1.29, 1.82) is 0 Å². The Bertz CT molecular complexity index is 1040. The van der Waals surface area contributed by atoms with Crippen LogP contribution in [0.15, 0.2) is 0 Å². The summed E-state index contributed by atoms with van der Waals surface area (Å²) in [5.41, 5.74) is 0. The van der Waals surface area contributed by atoms with Crippen molar-refractivity contribution in [3.63, 3.8) is 0 Å². The van der Waals surface area contributed by atoms with E-state index in [0.717, 1.165) is 0 Å². The maximum Gasteiger partial charge on any atom is 0.311 e. The van der Waals surface area contributed by atoms with E-state index < -0.39 is 81.6 Å². The lowest BCUT2D eigenvalue weighted by Crippen LogP contribution is -2.13. The molecule has 0 spiro atoms. The van der Waals surface area contributed by atoms with Gasteiger partial charge in [-0.3, -0.25) is 9.59 Å². The number of hydrogen-bond acceptors (Lipinski definition) is 4. The Hall–Kier alpha value is -3.32. The van der Waals surface area contributed by atoms with E-state index in [1.54, 1.807) is 0 Å². The number of rotatable bonds is 13. The molecule has 0 unspecified atom stereocenters. The summed E-state index contributed by atoms with van der Waals surface area (Å²) in [6, 6.07) is 0. The predicted octanol–water partition coefficient (Wildman–Crippen LogP) is 7.49. The average Bonchev–Trinajstić information content (AvgIpc) is 2.90. The van der Waals surface area contributed by atoms with Crippen LogP contribution in [0, 0.1) is 58.2 Å². The highest BCUT2D eigenvalue weighted by molar-refractivity contribution is 5.73. The number of hydrogen-bond donors (Lipinski definition) is 0. The highest BCUT2D eigenvalue weighted by Crippen LogP contribution is 2.30. The molecule has 0 amide bonds. The first-order chi connectivity index (χ1) is 17.9. The SMILES string of the molecule is O=C(CCCCCCCCCCC(=O)Oc1c(F)c(F)c(F)c(F)c1F)Oc1c(F)c(F)c(F)c(F)c1F. The van der Waals surface area contributed by atoms with Crippen LogP contribution in [-0.4, -0.2) is 11.9 Å². The van der Waals surface area contributed by atoms with Crippen molar-refractivity contribution in [2.45, 2.75) is 64.2 Å². The van der Waals surface area contributed by atoms with Gasteiger partial charge in [-0.2, -0.15) is 17.6 Å². The minimum atomic E-state index is -2.37. The molecule has 0 saturated carbocycles. The smallest absolute Gasteiger partial charge is 0.311 e. The third-order valence-corrected chi connectivity index (χ3v) is 5.28. The van der Waals surface area contributed by atoms with Crippen LogP contribution in [0.1, 0.15) is 64.2 Å². The van der Waals surface area contributed by atoms with Gasteiger partial charge in [-0.25, -0.2) is 26.3 Å². The first-order valence-electron chi connectivity index (χ1n) is 11.3. The summed E-state index contributed by atoms with van der Waals surface area (Å²) >= 11 is 0. The Kier molecular flexibility index (Phi) is 11.4. The maximum atomic E-state index is 13.5. The van der Waals surface area contributed by atoms with Crippen molar-refractivity contribution >= 4 is 11.9 Å². The normalized spacial score (nSPS) is 11.1. The molecule has 0 aliphatic rings. The summed E-state index contributed by atoms with van der Waals surface area (Å²) in [4.78, 5) is 23.3. The van der Waals surface area contributed by atoms with Crippen molar-refractivity contribution in [3.8, 4) is 11.5 Å². The van der Waals surface area contributed by atoms with Gasteiger partial charge in [-0.1, -0.05) is 38.5 Å². The van der Waals surface area contributed by atoms with E-state index in [1.165, 1.54) is 0 Å². The molecule has 14 heteroatoms. The molecule has 4 nitrogen and oxygen atoms in total. The molecule has 0 fully saturated rings. The summed E-state index contributed by atoms with van der Waals surface area (Å²) < 4.78 is 141. The van der Waals surface area contributed by atoms with Gasteiger partial charge in [0.2, 0.25) is 69.7 Å². The number of benzene rings is 2. The monoisotopic (exact) mass is 562 g/mol. The molecule has 0 bridgehead atoms. The van der Waals surface area contributed by atoms with Crippen molar-refractivity contribution in [1.82, 2.24) is 0 Å². The molecule has 2 aromatic carbocycles. The van der Waals surface area contributed by atoms with Gasteiger partial charge in [0.1, 0.15) is 0 Å². The van der Waals surface area contributed by atoms with E-state index in [4.69, 9.17) is 0 Å². The van der Waals surface area contributed by atoms with E-state index >= 15 is 0 Å². The van der Waals surface area contributed by atoms with E-state index in [-0.39, 0.29) is 25.7 Å². The van der Waals surface area contributed by atoms with Gasteiger partial charge in [0.15, 0.2) is 0 Å². The molecule has 0 aliphatic heterocycles. The highest BCUT2D eigenvalue weighted by atomic mass is 19.2. The average molecular weight is 562 g/mol. The number of carbonyl (C=O) groups excluding carboxylic acids is 2. The molecule has 0 saturated heterocycles. The van der Waals surface area contributed by atoms with Gasteiger partial charge in [0.05, 0.1) is 0 Å². The number of halogens is 10. The van der Waals surface area contributed by atoms with Crippen LogP contribution in [0.3, 0.4) is 0 Å². The molecule has 0 heterocycles. The quantitative estimate of drug-likeness (QED) is 0.0634. The summed E-state index contributed by atoms with van der Waals surface area (Å²) in [6.07, 6.45) is 3.37. The minimum absolute atomic E-state index is 0.220. The Balaban J connectivity index is 1.59. The van der Waals surface area contributed by atoms with Crippen molar-refractivity contribution in [2.24, 2.45) is 0 Å². The second kappa shape index (κ2) is 14.0. The Morgan fingerprint density at radius 3 is 0.842 bits per heavy atom. The first kappa shape index (κ1) is 30.9. The lowest BCUT2D eigenvalue weighted by atomic mass is 10.1. The molecule has 2 aromatic rings. The minimum Gasteiger partial charge on any atom is -0.420 e. The third kappa shape index (κ3) is 7.60. The molecular weight excluding hydrogens is 542 g/mol. The molecule has 0 aromatic heterocycles. The fourth-order valence-electron chi connectivity index (χ4n) is 3.28. The standard InChI is InChI=1S/C24H20F10O4/c25-13-15(27)19(31)23(20(32)16(13)28)37-11(35)9-7-5-3-1-2-4-6-8-10-12(36)38-24-21(33)17(29)14(26)18(30)22(24)34/h1-10H2. The molecular formula is C24H20F10O4. The highest BCUT2D eigenvalue weighted by Gasteiger charge is 2.29. The van der Waals surface area contributed by atoms with E-state index in [1.807, 2.05) is 0 Å². The Morgan fingerprint density at radius 1 is 0.368 bits per heavy atom. The molecule has 38 heavy (non-hydrogen) atoms. The molecule has 0 N–H and O–H groups in total. The molecule has 2 rings (SSSR count). The summed E-state index contributed by atoms with van der Waals surface area (Å²) in [6.45, 7) is 0. The topological polar surface area (TPSA) is 52.6 Å². The summed E-state index contributed by atoms with van der Waals surface area (Å²) in [5, 5.41) is 0. The number of carbonyl (C=O) groups is 2. The fourth-order valence-corrected chi connectivity index (χ4v) is 3.28. The van der Waals surface area contributed by atoms with Gasteiger partial charge in [0.25, 0.3) is 0 Å². The molecule has 210 valence electrons. The number of esters is 2. The van der Waals surface area contributed by atoms with E-state index in [2.05, 4.69) is 9.47 Å². The maximum absolute atomic E-state index is 13.5. The Morgan fingerprint density at radius 2 is 0.579 bits per heavy atom. The van der Waals surface area contributed by atoms with Crippen LogP contribution in [0.25, 0.3) is 0 Å². The van der Waals surface area contributed by atoms with Crippen LogP contribution in [0.5, 0.6) is 11.5 Å². The fraction of sp³-hybridized carbons (Fsp3) is 0.417. The largest absolute Gasteiger partial charge is 0.420 e. The van der Waals surface area contributed by atoms with Gasteiger partial charge in [-0.05, 0) is 12.8 Å². The van der Waals surface area contributed by atoms with Crippen LogP contribution in [0.2, 0.25) is 0 Å². The van der Waals surface area contributed by atoms with Crippen LogP contribution < -0.4 is 9.47 Å². The van der Waals surface area contributed by atoms with Crippen molar-refractivity contribution in [2.75, 3.05) is 0 Å². The van der Waals surface area contributed by atoms with Crippen LogP contribution in [-0.2, 0) is 9.59 Å². The summed E-state index contributed by atoms with van der Waals surface area (Å²) in [7, 11) is 0. The van der Waals surface area contributed by atoms with Crippen molar-refractivity contribution in [3.05, 3.63) is 58.2 Å². The zero-order valence-corrected chi connectivity index (χ0v) is 19.5.